The third-order valence-corrected chi connectivity index (χ3v) is 5.16. The number of nitrogens with two attached hydrogens (primary N) is 1. The van der Waals surface area contributed by atoms with Crippen LogP contribution < -0.4 is 10.5 Å². The molecule has 0 saturated heterocycles. The number of methoxy groups -OCH3 is 1. The maximum atomic E-state index is 10.1. The van der Waals surface area contributed by atoms with Crippen LogP contribution in [0.3, 0.4) is 0 Å². The fraction of sp³-hybridized carbons (Fsp3) is 0.450. The molecule has 0 unspecified atom stereocenters. The van der Waals surface area contributed by atoms with E-state index in [0.29, 0.717) is 30.2 Å². The molecular formula is C20H26ClN5O2. The Morgan fingerprint density at radius 3 is 2.61 bits per heavy atom. The van der Waals surface area contributed by atoms with Gasteiger partial charge in [0.15, 0.2) is 0 Å². The first-order valence-corrected chi connectivity index (χ1v) is 9.50. The van der Waals surface area contributed by atoms with Crippen LogP contribution in [-0.2, 0) is 13.0 Å². The molecule has 0 aliphatic heterocycles. The molecule has 0 aromatic carbocycles. The molecule has 0 amide bonds. The van der Waals surface area contributed by atoms with E-state index >= 15 is 0 Å². The zero-order valence-electron chi connectivity index (χ0n) is 16.9. The number of pyridine rings is 1. The van der Waals surface area contributed by atoms with E-state index in [9.17, 15) is 5.11 Å². The van der Waals surface area contributed by atoms with Gasteiger partial charge in [-0.05, 0) is 57.2 Å². The fourth-order valence-corrected chi connectivity index (χ4v) is 3.67. The molecule has 3 heterocycles. The molecule has 8 heteroatoms. The molecule has 0 saturated carbocycles. The Labute approximate surface area is 169 Å². The molecule has 0 spiro atoms. The largest absolute Gasteiger partial charge is 0.495 e. The highest BCUT2D eigenvalue weighted by Gasteiger charge is 2.20. The molecule has 0 aliphatic rings. The highest BCUT2D eigenvalue weighted by Crippen LogP contribution is 2.31. The molecule has 0 aliphatic carbocycles. The second-order valence-electron chi connectivity index (χ2n) is 7.69. The van der Waals surface area contributed by atoms with E-state index in [2.05, 4.69) is 15.0 Å². The molecule has 3 rings (SSSR count). The number of ether oxygens (including phenoxy) is 1. The number of rotatable bonds is 6. The average Bonchev–Trinajstić information content (AvgIpc) is 2.93. The minimum Gasteiger partial charge on any atom is -0.495 e. The van der Waals surface area contributed by atoms with Crippen molar-refractivity contribution in [1.82, 2.24) is 19.5 Å². The van der Waals surface area contributed by atoms with Gasteiger partial charge in [0.1, 0.15) is 16.5 Å². The molecule has 7 nitrogen and oxygen atoms in total. The smallest absolute Gasteiger partial charge is 0.223 e. The lowest BCUT2D eigenvalue weighted by atomic mass is 9.99. The summed E-state index contributed by atoms with van der Waals surface area (Å²) in [4.78, 5) is 13.0. The van der Waals surface area contributed by atoms with Crippen LogP contribution in [0.15, 0.2) is 12.4 Å². The Kier molecular flexibility index (Phi) is 5.50. The van der Waals surface area contributed by atoms with E-state index in [1.165, 1.54) is 0 Å². The molecule has 28 heavy (non-hydrogen) atoms. The van der Waals surface area contributed by atoms with Crippen molar-refractivity contribution in [2.45, 2.75) is 52.7 Å². The molecule has 0 radical (unpaired) electrons. The number of aromatic nitrogens is 4. The first-order chi connectivity index (χ1) is 13.1. The Morgan fingerprint density at radius 2 is 1.96 bits per heavy atom. The number of hydrogen-bond acceptors (Lipinski definition) is 6. The molecular weight excluding hydrogens is 378 g/mol. The molecule has 150 valence electrons. The van der Waals surface area contributed by atoms with E-state index in [0.717, 1.165) is 33.5 Å². The summed E-state index contributed by atoms with van der Waals surface area (Å²) in [6.45, 7) is 8.05. The van der Waals surface area contributed by atoms with Gasteiger partial charge in [-0.15, -0.1) is 0 Å². The van der Waals surface area contributed by atoms with Crippen molar-refractivity contribution in [3.05, 3.63) is 39.9 Å². The monoisotopic (exact) mass is 403 g/mol. The quantitative estimate of drug-likeness (QED) is 0.611. The molecule has 3 aromatic heterocycles. The third-order valence-electron chi connectivity index (χ3n) is 4.88. The Bertz CT molecular complexity index is 1020. The standard InChI is InChI=1S/C20H26ClN5O2/c1-11-14(8-23-12(2)16(11)28-5)10-26-9-13(6-7-20(3,4)27)15-17(21)24-19(22)25-18(15)26/h8-9,27H,6-7,10H2,1-5H3,(H2,22,24,25). The lowest BCUT2D eigenvalue weighted by molar-refractivity contribution is 0.0715. The summed E-state index contributed by atoms with van der Waals surface area (Å²) in [7, 11) is 1.65. The van der Waals surface area contributed by atoms with Gasteiger partial charge in [0.25, 0.3) is 0 Å². The second-order valence-corrected chi connectivity index (χ2v) is 8.05. The topological polar surface area (TPSA) is 99.1 Å². The van der Waals surface area contributed by atoms with Crippen molar-refractivity contribution >= 4 is 28.6 Å². The second kappa shape index (κ2) is 7.56. The SMILES string of the molecule is COc1c(C)ncc(Cn2cc(CCC(C)(C)O)c3c(Cl)nc(N)nc32)c1C. The molecule has 0 bridgehead atoms. The van der Waals surface area contributed by atoms with E-state index in [1.54, 1.807) is 21.0 Å². The van der Waals surface area contributed by atoms with E-state index in [1.807, 2.05) is 30.8 Å². The lowest BCUT2D eigenvalue weighted by Crippen LogP contribution is -2.19. The first-order valence-electron chi connectivity index (χ1n) is 9.13. The Morgan fingerprint density at radius 1 is 1.25 bits per heavy atom. The zero-order valence-corrected chi connectivity index (χ0v) is 17.6. The molecule has 3 aromatic rings. The summed E-state index contributed by atoms with van der Waals surface area (Å²) in [5.41, 5.74) is 9.61. The molecule has 0 atom stereocenters. The number of aliphatic hydroxyl groups is 1. The molecule has 0 fully saturated rings. The van der Waals surface area contributed by atoms with Crippen LogP contribution in [0.25, 0.3) is 11.0 Å². The number of aryl methyl sites for hydroxylation is 2. The minimum absolute atomic E-state index is 0.127. The number of hydrogen-bond donors (Lipinski definition) is 2. The van der Waals surface area contributed by atoms with Gasteiger partial charge in [-0.25, -0.2) is 4.98 Å². The van der Waals surface area contributed by atoms with Crippen LogP contribution in [-0.4, -0.2) is 37.3 Å². The van der Waals surface area contributed by atoms with E-state index in [4.69, 9.17) is 22.1 Å². The van der Waals surface area contributed by atoms with Crippen LogP contribution in [0.5, 0.6) is 5.75 Å². The van der Waals surface area contributed by atoms with Gasteiger partial charge in [0.2, 0.25) is 5.95 Å². The van der Waals surface area contributed by atoms with E-state index in [-0.39, 0.29) is 5.95 Å². The number of nitrogen functional groups attached to an aromatic ring is 1. The summed E-state index contributed by atoms with van der Waals surface area (Å²) < 4.78 is 7.49. The van der Waals surface area contributed by atoms with Crippen molar-refractivity contribution in [2.75, 3.05) is 12.8 Å². The summed E-state index contributed by atoms with van der Waals surface area (Å²) in [5, 5.41) is 11.2. The van der Waals surface area contributed by atoms with E-state index < -0.39 is 5.60 Å². The first kappa shape index (κ1) is 20.4. The van der Waals surface area contributed by atoms with Gasteiger partial charge in [-0.1, -0.05) is 11.6 Å². The van der Waals surface area contributed by atoms with Crippen molar-refractivity contribution in [3.8, 4) is 5.75 Å². The van der Waals surface area contributed by atoms with Crippen LogP contribution in [0.2, 0.25) is 5.15 Å². The minimum atomic E-state index is -0.777. The highest BCUT2D eigenvalue weighted by molar-refractivity contribution is 6.34. The van der Waals surface area contributed by atoms with Gasteiger partial charge in [0.05, 0.1) is 30.3 Å². The van der Waals surface area contributed by atoms with Crippen molar-refractivity contribution in [3.63, 3.8) is 0 Å². The number of nitrogens with zero attached hydrogens (tertiary/aromatic N) is 4. The summed E-state index contributed by atoms with van der Waals surface area (Å²) in [5.74, 6) is 0.908. The van der Waals surface area contributed by atoms with Gasteiger partial charge >= 0.3 is 0 Å². The average molecular weight is 404 g/mol. The van der Waals surface area contributed by atoms with Gasteiger partial charge in [0, 0.05) is 12.4 Å². The lowest BCUT2D eigenvalue weighted by Gasteiger charge is -2.16. The van der Waals surface area contributed by atoms with Crippen molar-refractivity contribution in [1.29, 1.82) is 0 Å². The normalized spacial score (nSPS) is 12.0. The fourth-order valence-electron chi connectivity index (χ4n) is 3.38. The zero-order chi connectivity index (χ0) is 20.6. The highest BCUT2D eigenvalue weighted by atomic mass is 35.5. The number of halogens is 1. The van der Waals surface area contributed by atoms with Crippen molar-refractivity contribution < 1.29 is 9.84 Å². The summed E-state index contributed by atoms with van der Waals surface area (Å²) in [6, 6.07) is 0. The molecule has 3 N–H and O–H groups in total. The van der Waals surface area contributed by atoms with Crippen LogP contribution >= 0.6 is 11.6 Å². The maximum Gasteiger partial charge on any atom is 0.223 e. The maximum absolute atomic E-state index is 10.1. The predicted molar refractivity (Wildman–Crippen MR) is 111 cm³/mol. The van der Waals surface area contributed by atoms with Crippen molar-refractivity contribution in [2.24, 2.45) is 0 Å². The summed E-state index contributed by atoms with van der Waals surface area (Å²) >= 11 is 6.39. The third kappa shape index (κ3) is 4.05. The predicted octanol–water partition coefficient (Wildman–Crippen LogP) is 3.44. The van der Waals surface area contributed by atoms with Gasteiger partial charge in [-0.2, -0.15) is 4.98 Å². The Balaban J connectivity index is 2.09. The number of anilines is 1. The van der Waals surface area contributed by atoms with Crippen LogP contribution in [0.4, 0.5) is 5.95 Å². The Hall–Kier alpha value is -2.38. The number of fused-ring (bicyclic) bond motifs is 1. The van der Waals surface area contributed by atoms with Crippen LogP contribution in [0.1, 0.15) is 42.7 Å². The van der Waals surface area contributed by atoms with Gasteiger partial charge < -0.3 is 20.1 Å². The van der Waals surface area contributed by atoms with Crippen LogP contribution in [0, 0.1) is 13.8 Å². The van der Waals surface area contributed by atoms with Gasteiger partial charge in [-0.3, -0.25) is 4.98 Å². The summed E-state index contributed by atoms with van der Waals surface area (Å²) in [6.07, 6.45) is 5.09.